The summed E-state index contributed by atoms with van der Waals surface area (Å²) >= 11 is 3.50. The molecule has 1 N–H and O–H groups in total. The van der Waals surface area contributed by atoms with Gasteiger partial charge in [0.05, 0.1) is 19.8 Å². The predicted molar refractivity (Wildman–Crippen MR) is 70.2 cm³/mol. The summed E-state index contributed by atoms with van der Waals surface area (Å²) < 4.78 is 11.5. The Kier molecular flexibility index (Phi) is 5.46. The average Bonchev–Trinajstić information content (AvgIpc) is 2.25. The van der Waals surface area contributed by atoms with Crippen LogP contribution in [0.15, 0.2) is 10.1 Å². The topological polar surface area (TPSA) is 47.6 Å². The molecule has 1 saturated heterocycles. The highest BCUT2D eigenvalue weighted by Crippen LogP contribution is 2.21. The van der Waals surface area contributed by atoms with Crippen molar-refractivity contribution in [3.8, 4) is 0 Å². The maximum absolute atomic E-state index is 11.4. The molecule has 1 rings (SSSR count). The largest absolute Gasteiger partial charge is 0.444 e. The third-order valence-electron chi connectivity index (χ3n) is 2.27. The Morgan fingerprint density at radius 1 is 1.41 bits per heavy atom. The van der Waals surface area contributed by atoms with Crippen molar-refractivity contribution in [2.45, 2.75) is 39.2 Å². The highest BCUT2D eigenvalue weighted by Gasteiger charge is 2.16. The monoisotopic (exact) mass is 305 g/mol. The number of hydrogen-bond donors (Lipinski definition) is 1. The normalized spacial score (nSPS) is 16.6. The second-order valence-electron chi connectivity index (χ2n) is 4.98. The Morgan fingerprint density at radius 2 is 2.00 bits per heavy atom. The lowest BCUT2D eigenvalue weighted by molar-refractivity contribution is 0.0533. The Balaban J connectivity index is 2.37. The smallest absolute Gasteiger partial charge is 0.407 e. The van der Waals surface area contributed by atoms with E-state index in [1.807, 2.05) is 20.8 Å². The molecule has 0 aromatic carbocycles. The zero-order valence-corrected chi connectivity index (χ0v) is 12.2. The minimum absolute atomic E-state index is 0.387. The third kappa shape index (κ3) is 6.07. The van der Waals surface area contributed by atoms with Crippen LogP contribution in [0.2, 0.25) is 0 Å². The van der Waals surface area contributed by atoms with Crippen molar-refractivity contribution in [2.24, 2.45) is 0 Å². The van der Waals surface area contributed by atoms with Gasteiger partial charge in [-0.2, -0.15) is 0 Å². The Labute approximate surface area is 111 Å². The highest BCUT2D eigenvalue weighted by atomic mass is 79.9. The molecule has 0 spiro atoms. The zero-order valence-electron chi connectivity index (χ0n) is 10.6. The molecule has 0 aromatic heterocycles. The first kappa shape index (κ1) is 14.5. The zero-order chi connectivity index (χ0) is 12.9. The first-order valence-electron chi connectivity index (χ1n) is 5.79. The van der Waals surface area contributed by atoms with Crippen LogP contribution in [-0.4, -0.2) is 31.5 Å². The number of alkyl carbamates (subject to hydrolysis) is 1. The van der Waals surface area contributed by atoms with Crippen molar-refractivity contribution in [3.05, 3.63) is 10.1 Å². The lowest BCUT2D eigenvalue weighted by Crippen LogP contribution is -2.33. The molecule has 17 heavy (non-hydrogen) atoms. The van der Waals surface area contributed by atoms with Gasteiger partial charge in [0, 0.05) is 4.48 Å². The number of hydrogen-bond acceptors (Lipinski definition) is 3. The molecule has 5 heteroatoms. The van der Waals surface area contributed by atoms with Crippen LogP contribution in [0, 0.1) is 0 Å². The average molecular weight is 306 g/mol. The van der Waals surface area contributed by atoms with Gasteiger partial charge in [-0.05, 0) is 33.6 Å². The van der Waals surface area contributed by atoms with Crippen LogP contribution < -0.4 is 5.32 Å². The van der Waals surface area contributed by atoms with Gasteiger partial charge < -0.3 is 14.8 Å². The van der Waals surface area contributed by atoms with Gasteiger partial charge in [0.25, 0.3) is 0 Å². The van der Waals surface area contributed by atoms with Crippen LogP contribution >= 0.6 is 15.9 Å². The van der Waals surface area contributed by atoms with Gasteiger partial charge in [-0.25, -0.2) is 4.79 Å². The fourth-order valence-corrected chi connectivity index (χ4v) is 2.01. The lowest BCUT2D eigenvalue weighted by Gasteiger charge is -2.20. The number of ether oxygens (including phenoxy) is 2. The Morgan fingerprint density at radius 3 is 2.53 bits per heavy atom. The second-order valence-corrected chi connectivity index (χ2v) is 5.93. The van der Waals surface area contributed by atoms with E-state index in [4.69, 9.17) is 9.47 Å². The highest BCUT2D eigenvalue weighted by molar-refractivity contribution is 9.11. The minimum atomic E-state index is -0.456. The molecule has 0 atom stereocenters. The van der Waals surface area contributed by atoms with Crippen LogP contribution in [0.1, 0.15) is 33.6 Å². The van der Waals surface area contributed by atoms with Crippen molar-refractivity contribution in [1.29, 1.82) is 0 Å². The Bertz CT molecular complexity index is 299. The maximum atomic E-state index is 11.4. The summed E-state index contributed by atoms with van der Waals surface area (Å²) in [6, 6.07) is 0. The Hall–Kier alpha value is -0.550. The van der Waals surface area contributed by atoms with E-state index in [-0.39, 0.29) is 6.09 Å². The van der Waals surface area contributed by atoms with Gasteiger partial charge in [-0.3, -0.25) is 0 Å². The molecule has 1 amide bonds. The minimum Gasteiger partial charge on any atom is -0.444 e. The van der Waals surface area contributed by atoms with E-state index in [9.17, 15) is 4.79 Å². The first-order valence-corrected chi connectivity index (χ1v) is 6.59. The molecule has 0 aliphatic carbocycles. The molecular weight excluding hydrogens is 286 g/mol. The van der Waals surface area contributed by atoms with Crippen molar-refractivity contribution in [1.82, 2.24) is 5.32 Å². The van der Waals surface area contributed by atoms with E-state index in [1.165, 1.54) is 5.57 Å². The molecule has 0 saturated carbocycles. The van der Waals surface area contributed by atoms with Crippen LogP contribution in [0.3, 0.4) is 0 Å². The SMILES string of the molecule is CC(C)(C)OC(=O)NCC(Br)=C1CCOCC1. The van der Waals surface area contributed by atoms with Crippen LogP contribution in [-0.2, 0) is 9.47 Å². The number of carbonyl (C=O) groups is 1. The molecule has 0 unspecified atom stereocenters. The molecule has 0 radical (unpaired) electrons. The van der Waals surface area contributed by atoms with Gasteiger partial charge in [0.15, 0.2) is 0 Å². The van der Waals surface area contributed by atoms with Gasteiger partial charge in [0.2, 0.25) is 0 Å². The third-order valence-corrected chi connectivity index (χ3v) is 3.11. The van der Waals surface area contributed by atoms with E-state index >= 15 is 0 Å². The maximum Gasteiger partial charge on any atom is 0.407 e. The van der Waals surface area contributed by atoms with Gasteiger partial charge in [-0.1, -0.05) is 21.5 Å². The molecule has 4 nitrogen and oxygen atoms in total. The van der Waals surface area contributed by atoms with E-state index < -0.39 is 5.60 Å². The van der Waals surface area contributed by atoms with E-state index in [1.54, 1.807) is 0 Å². The molecule has 1 aliphatic heterocycles. The van der Waals surface area contributed by atoms with Crippen molar-refractivity contribution >= 4 is 22.0 Å². The summed E-state index contributed by atoms with van der Waals surface area (Å²) in [4.78, 5) is 11.4. The van der Waals surface area contributed by atoms with Gasteiger partial charge in [0.1, 0.15) is 5.60 Å². The molecule has 98 valence electrons. The number of carbonyl (C=O) groups excluding carboxylic acids is 1. The summed E-state index contributed by atoms with van der Waals surface area (Å²) in [6.45, 7) is 7.54. The molecular formula is C12H20BrNO3. The molecule has 1 heterocycles. The summed E-state index contributed by atoms with van der Waals surface area (Å²) in [6.07, 6.45) is 1.47. The summed E-state index contributed by atoms with van der Waals surface area (Å²) in [5, 5.41) is 2.73. The molecule has 1 aliphatic rings. The fourth-order valence-electron chi connectivity index (χ4n) is 1.48. The van der Waals surface area contributed by atoms with Crippen molar-refractivity contribution < 1.29 is 14.3 Å². The summed E-state index contributed by atoms with van der Waals surface area (Å²) in [5.74, 6) is 0. The van der Waals surface area contributed by atoms with Crippen LogP contribution in [0.25, 0.3) is 0 Å². The standard InChI is InChI=1S/C12H20BrNO3/c1-12(2,3)17-11(15)14-8-10(13)9-4-6-16-7-5-9/h4-8H2,1-3H3,(H,14,15). The summed E-state index contributed by atoms with van der Waals surface area (Å²) in [5.41, 5.74) is 0.856. The van der Waals surface area contributed by atoms with Gasteiger partial charge in [-0.15, -0.1) is 0 Å². The van der Waals surface area contributed by atoms with Crippen molar-refractivity contribution in [2.75, 3.05) is 19.8 Å². The van der Waals surface area contributed by atoms with Gasteiger partial charge >= 0.3 is 6.09 Å². The van der Waals surface area contributed by atoms with Crippen LogP contribution in [0.4, 0.5) is 4.79 Å². The molecule has 1 fully saturated rings. The first-order chi connectivity index (χ1) is 7.88. The quantitative estimate of drug-likeness (QED) is 0.853. The predicted octanol–water partition coefficient (Wildman–Crippen LogP) is 2.97. The fraction of sp³-hybridized carbons (Fsp3) is 0.750. The number of rotatable bonds is 2. The lowest BCUT2D eigenvalue weighted by atomic mass is 10.1. The molecule has 0 bridgehead atoms. The number of halogens is 1. The number of nitrogens with one attached hydrogen (secondary N) is 1. The molecule has 0 aromatic rings. The van der Waals surface area contributed by atoms with E-state index in [0.717, 1.165) is 30.5 Å². The van der Waals surface area contributed by atoms with E-state index in [2.05, 4.69) is 21.2 Å². The van der Waals surface area contributed by atoms with Crippen molar-refractivity contribution in [3.63, 3.8) is 0 Å². The van der Waals surface area contributed by atoms with E-state index in [0.29, 0.717) is 6.54 Å². The summed E-state index contributed by atoms with van der Waals surface area (Å²) in [7, 11) is 0. The number of amides is 1. The van der Waals surface area contributed by atoms with Crippen LogP contribution in [0.5, 0.6) is 0 Å². The second kappa shape index (κ2) is 6.40.